The summed E-state index contributed by atoms with van der Waals surface area (Å²) in [6.07, 6.45) is 50.5. The fourth-order valence-electron chi connectivity index (χ4n) is 10.9. The van der Waals surface area contributed by atoms with Gasteiger partial charge in [0.25, 0.3) is 0 Å². The van der Waals surface area contributed by atoms with Gasteiger partial charge in [-0.3, -0.25) is 37.3 Å². The number of hydrogen-bond donors (Lipinski definition) is 3. The number of rotatable bonds is 71. The Balaban J connectivity index is 5.11. The van der Waals surface area contributed by atoms with Gasteiger partial charge in [0.05, 0.1) is 26.4 Å². The largest absolute Gasteiger partial charge is 0.472 e. The number of unbranched alkanes of at least 4 members (excludes halogenated alkanes) is 41. The van der Waals surface area contributed by atoms with E-state index < -0.39 is 97.5 Å². The van der Waals surface area contributed by atoms with E-state index in [2.05, 4.69) is 41.5 Å². The predicted molar refractivity (Wildman–Crippen MR) is 368 cm³/mol. The molecule has 0 aliphatic heterocycles. The molecule has 0 bridgehead atoms. The van der Waals surface area contributed by atoms with Crippen molar-refractivity contribution in [2.45, 2.75) is 387 Å². The molecule has 0 aliphatic carbocycles. The lowest BCUT2D eigenvalue weighted by molar-refractivity contribution is -0.161. The first-order chi connectivity index (χ1) is 43.9. The first kappa shape index (κ1) is 89.1. The molecule has 0 aliphatic rings. The molecule has 0 saturated carbocycles. The molecule has 3 N–H and O–H groups in total. The zero-order chi connectivity index (χ0) is 67.2. The van der Waals surface area contributed by atoms with E-state index in [-0.39, 0.29) is 25.7 Å². The number of ether oxygens (including phenoxy) is 4. The lowest BCUT2D eigenvalue weighted by Gasteiger charge is -2.21. The minimum atomic E-state index is -4.95. The maximum absolute atomic E-state index is 13.1. The predicted octanol–water partition coefficient (Wildman–Crippen LogP) is 20.8. The molecule has 0 fully saturated rings. The van der Waals surface area contributed by atoms with Crippen LogP contribution in [0.5, 0.6) is 0 Å². The Kier molecular flexibility index (Phi) is 62.7. The standard InChI is InChI=1S/C72H140O17P2/c1-7-9-11-13-14-30-38-44-50-56-71(76)88-67(60-82-69(74)54-48-40-12-10-8-2)62-86-90(78,79)84-58-66(73)59-85-91(80,81)87-63-68(61-83-70(75)55-49-43-37-33-28-25-21-23-27-32-36-42-47-53-65(5)6)89-72(77)57-51-45-39-34-29-24-20-18-16-15-17-19-22-26-31-35-41-46-52-64(3)4/h64-68,73H,7-63H2,1-6H3,(H,78,79)(H,80,81)/t66-,67+,68+/m0/s1. The van der Waals surface area contributed by atoms with E-state index in [1.165, 1.54) is 180 Å². The van der Waals surface area contributed by atoms with E-state index in [0.29, 0.717) is 25.7 Å². The molecule has 0 aromatic heterocycles. The Morgan fingerprint density at radius 3 is 0.747 bits per heavy atom. The van der Waals surface area contributed by atoms with Crippen LogP contribution >= 0.6 is 15.6 Å². The maximum atomic E-state index is 13.1. The topological polar surface area (TPSA) is 237 Å². The normalized spacial score (nSPS) is 14.1. The highest BCUT2D eigenvalue weighted by molar-refractivity contribution is 7.47. The van der Waals surface area contributed by atoms with Crippen molar-refractivity contribution in [1.29, 1.82) is 0 Å². The Hall–Kier alpha value is -1.94. The molecule has 91 heavy (non-hydrogen) atoms. The molecule has 5 atom stereocenters. The number of carbonyl (C=O) groups is 4. The molecule has 17 nitrogen and oxygen atoms in total. The van der Waals surface area contributed by atoms with Crippen molar-refractivity contribution >= 4 is 39.5 Å². The van der Waals surface area contributed by atoms with Crippen molar-refractivity contribution in [2.75, 3.05) is 39.6 Å². The average molecular weight is 1340 g/mol. The van der Waals surface area contributed by atoms with E-state index in [9.17, 15) is 43.2 Å². The highest BCUT2D eigenvalue weighted by Crippen LogP contribution is 2.45. The third-order valence-electron chi connectivity index (χ3n) is 16.7. The average Bonchev–Trinajstić information content (AvgIpc) is 2.98. The summed E-state index contributed by atoms with van der Waals surface area (Å²) < 4.78 is 68.1. The van der Waals surface area contributed by atoms with Crippen LogP contribution in [0.2, 0.25) is 0 Å². The summed E-state index contributed by atoms with van der Waals surface area (Å²) >= 11 is 0. The molecular formula is C72H140O17P2. The summed E-state index contributed by atoms with van der Waals surface area (Å²) in [6, 6.07) is 0. The van der Waals surface area contributed by atoms with E-state index in [1.54, 1.807) is 0 Å². The van der Waals surface area contributed by atoms with Gasteiger partial charge < -0.3 is 33.8 Å². The lowest BCUT2D eigenvalue weighted by Crippen LogP contribution is -2.30. The summed E-state index contributed by atoms with van der Waals surface area (Å²) in [4.78, 5) is 72.2. The second-order valence-corrected chi connectivity index (χ2v) is 29.8. The third kappa shape index (κ3) is 66.5. The SMILES string of the molecule is CCCCCCCCCCCC(=O)O[C@H](COC(=O)CCCCCCC)COP(=O)(O)OC[C@H](O)COP(=O)(O)OC[C@@H](COC(=O)CCCCCCCCCCCCCCCC(C)C)OC(=O)CCCCCCCCCCCCCCCCCCCCC(C)C. The summed E-state index contributed by atoms with van der Waals surface area (Å²) in [7, 11) is -9.89. The van der Waals surface area contributed by atoms with E-state index in [0.717, 1.165) is 108 Å². The molecule has 0 spiro atoms. The highest BCUT2D eigenvalue weighted by Gasteiger charge is 2.30. The Labute approximate surface area is 556 Å². The molecule has 0 aromatic rings. The summed E-state index contributed by atoms with van der Waals surface area (Å²) in [5.41, 5.74) is 0. The number of esters is 4. The van der Waals surface area contributed by atoms with Crippen LogP contribution < -0.4 is 0 Å². The Bertz CT molecular complexity index is 1770. The van der Waals surface area contributed by atoms with Gasteiger partial charge in [-0.05, 0) is 37.5 Å². The Morgan fingerprint density at radius 2 is 0.505 bits per heavy atom. The van der Waals surface area contributed by atoms with Gasteiger partial charge in [0.2, 0.25) is 0 Å². The summed E-state index contributed by atoms with van der Waals surface area (Å²) in [5.74, 6) is -0.523. The highest BCUT2D eigenvalue weighted by atomic mass is 31.2. The van der Waals surface area contributed by atoms with Gasteiger partial charge in [-0.15, -0.1) is 0 Å². The van der Waals surface area contributed by atoms with Crippen LogP contribution in [0.4, 0.5) is 0 Å². The lowest BCUT2D eigenvalue weighted by atomic mass is 10.0. The molecular weight excluding hydrogens is 1200 g/mol. The number of hydrogen-bond acceptors (Lipinski definition) is 15. The maximum Gasteiger partial charge on any atom is 0.472 e. The molecule has 0 heterocycles. The molecule has 19 heteroatoms. The minimum Gasteiger partial charge on any atom is -0.462 e. The van der Waals surface area contributed by atoms with Gasteiger partial charge >= 0.3 is 39.5 Å². The van der Waals surface area contributed by atoms with Crippen LogP contribution in [0, 0.1) is 11.8 Å². The van der Waals surface area contributed by atoms with Crippen LogP contribution in [0.3, 0.4) is 0 Å². The molecule has 0 saturated heterocycles. The number of carbonyl (C=O) groups excluding carboxylic acids is 4. The first-order valence-electron chi connectivity index (χ1n) is 37.5. The quantitative estimate of drug-likeness (QED) is 0.0222. The number of aliphatic hydroxyl groups excluding tert-OH is 1. The van der Waals surface area contributed by atoms with Crippen molar-refractivity contribution in [3.8, 4) is 0 Å². The minimum absolute atomic E-state index is 0.105. The summed E-state index contributed by atoms with van der Waals surface area (Å²) in [5, 5.41) is 10.6. The zero-order valence-electron chi connectivity index (χ0n) is 59.1. The van der Waals surface area contributed by atoms with Gasteiger partial charge in [-0.2, -0.15) is 0 Å². The fraction of sp³-hybridized carbons (Fsp3) is 0.944. The number of phosphoric acid groups is 2. The van der Waals surface area contributed by atoms with Gasteiger partial charge in [0.15, 0.2) is 12.2 Å². The molecule has 540 valence electrons. The van der Waals surface area contributed by atoms with Gasteiger partial charge in [-0.25, -0.2) is 9.13 Å². The van der Waals surface area contributed by atoms with E-state index >= 15 is 0 Å². The van der Waals surface area contributed by atoms with Crippen LogP contribution in [0.15, 0.2) is 0 Å². The summed E-state index contributed by atoms with van der Waals surface area (Å²) in [6.45, 7) is 9.51. The van der Waals surface area contributed by atoms with Crippen LogP contribution in [-0.4, -0.2) is 96.7 Å². The second kappa shape index (κ2) is 64.1. The molecule has 0 radical (unpaired) electrons. The smallest absolute Gasteiger partial charge is 0.462 e. The van der Waals surface area contributed by atoms with Crippen LogP contribution in [0.1, 0.15) is 369 Å². The molecule has 0 rings (SSSR count). The van der Waals surface area contributed by atoms with Crippen molar-refractivity contribution < 1.29 is 80.2 Å². The second-order valence-electron chi connectivity index (χ2n) is 26.9. The Morgan fingerprint density at radius 1 is 0.297 bits per heavy atom. The monoisotopic (exact) mass is 1340 g/mol. The van der Waals surface area contributed by atoms with Crippen molar-refractivity contribution in [2.24, 2.45) is 11.8 Å². The van der Waals surface area contributed by atoms with Crippen molar-refractivity contribution in [3.05, 3.63) is 0 Å². The van der Waals surface area contributed by atoms with Crippen molar-refractivity contribution in [3.63, 3.8) is 0 Å². The number of aliphatic hydroxyl groups is 1. The first-order valence-corrected chi connectivity index (χ1v) is 40.5. The van der Waals surface area contributed by atoms with Crippen LogP contribution in [-0.2, 0) is 65.4 Å². The number of phosphoric ester groups is 2. The van der Waals surface area contributed by atoms with E-state index in [4.69, 9.17) is 37.0 Å². The van der Waals surface area contributed by atoms with Crippen molar-refractivity contribution in [1.82, 2.24) is 0 Å². The van der Waals surface area contributed by atoms with Gasteiger partial charge in [0, 0.05) is 25.7 Å². The molecule has 0 amide bonds. The third-order valence-corrected chi connectivity index (χ3v) is 18.6. The van der Waals surface area contributed by atoms with Crippen LogP contribution in [0.25, 0.3) is 0 Å². The fourth-order valence-corrected chi connectivity index (χ4v) is 12.5. The molecule has 2 unspecified atom stereocenters. The van der Waals surface area contributed by atoms with Gasteiger partial charge in [-0.1, -0.05) is 318 Å². The molecule has 0 aromatic carbocycles. The van der Waals surface area contributed by atoms with E-state index in [1.807, 2.05) is 0 Å². The van der Waals surface area contributed by atoms with Gasteiger partial charge in [0.1, 0.15) is 19.3 Å². The zero-order valence-corrected chi connectivity index (χ0v) is 60.9.